The van der Waals surface area contributed by atoms with Crippen molar-refractivity contribution >= 4 is 11.9 Å². The fourth-order valence-corrected chi connectivity index (χ4v) is 0.817. The molecule has 0 unspecified atom stereocenters. The molecule has 0 aliphatic carbocycles. The lowest BCUT2D eigenvalue weighted by Gasteiger charge is -2.07. The standard InChI is InChI=1S/C8H17N3O3/c1-10-4-3-7(12)11-5-2-6(9)8(13)14/h6,10H,2-5,9H2,1H3,(H,11,12)(H,13,14)/t6-/m0/s1. The van der Waals surface area contributed by atoms with Gasteiger partial charge in [-0.2, -0.15) is 0 Å². The summed E-state index contributed by atoms with van der Waals surface area (Å²) in [4.78, 5) is 21.3. The molecule has 82 valence electrons. The summed E-state index contributed by atoms with van der Waals surface area (Å²) in [6, 6.07) is -0.903. The molecule has 0 heterocycles. The summed E-state index contributed by atoms with van der Waals surface area (Å²) in [5.74, 6) is -1.15. The molecular weight excluding hydrogens is 186 g/mol. The third-order valence-electron chi connectivity index (χ3n) is 1.70. The van der Waals surface area contributed by atoms with Crippen LogP contribution in [-0.4, -0.2) is 43.2 Å². The van der Waals surface area contributed by atoms with Crippen LogP contribution < -0.4 is 16.4 Å². The van der Waals surface area contributed by atoms with E-state index in [-0.39, 0.29) is 12.3 Å². The quantitative estimate of drug-likeness (QED) is 0.403. The molecule has 0 aromatic heterocycles. The molecule has 0 fully saturated rings. The Kier molecular flexibility index (Phi) is 6.69. The van der Waals surface area contributed by atoms with Crippen LogP contribution in [0.1, 0.15) is 12.8 Å². The van der Waals surface area contributed by atoms with Gasteiger partial charge >= 0.3 is 5.97 Å². The van der Waals surface area contributed by atoms with Gasteiger partial charge in [-0.05, 0) is 13.5 Å². The second-order valence-corrected chi connectivity index (χ2v) is 2.94. The number of carbonyl (C=O) groups excluding carboxylic acids is 1. The second kappa shape index (κ2) is 7.28. The number of hydrogen-bond acceptors (Lipinski definition) is 4. The summed E-state index contributed by atoms with van der Waals surface area (Å²) < 4.78 is 0. The number of carboxylic acids is 1. The zero-order chi connectivity index (χ0) is 11.0. The molecule has 0 aromatic rings. The minimum absolute atomic E-state index is 0.100. The number of carboxylic acid groups (broad SMARTS) is 1. The van der Waals surface area contributed by atoms with Crippen molar-refractivity contribution in [3.8, 4) is 0 Å². The Morgan fingerprint density at radius 2 is 2.07 bits per heavy atom. The highest BCUT2D eigenvalue weighted by molar-refractivity contribution is 5.76. The molecule has 0 aliphatic heterocycles. The van der Waals surface area contributed by atoms with E-state index in [1.165, 1.54) is 0 Å². The minimum atomic E-state index is -1.05. The number of carbonyl (C=O) groups is 2. The molecule has 14 heavy (non-hydrogen) atoms. The van der Waals surface area contributed by atoms with Crippen LogP contribution in [0.2, 0.25) is 0 Å². The highest BCUT2D eigenvalue weighted by Gasteiger charge is 2.10. The Labute approximate surface area is 82.9 Å². The van der Waals surface area contributed by atoms with Crippen LogP contribution in [0.25, 0.3) is 0 Å². The Hall–Kier alpha value is -1.14. The van der Waals surface area contributed by atoms with Crippen LogP contribution in [0, 0.1) is 0 Å². The minimum Gasteiger partial charge on any atom is -0.480 e. The molecular formula is C8H17N3O3. The molecule has 5 N–H and O–H groups in total. The number of rotatable bonds is 7. The topological polar surface area (TPSA) is 104 Å². The van der Waals surface area contributed by atoms with Crippen LogP contribution in [0.5, 0.6) is 0 Å². The first-order valence-electron chi connectivity index (χ1n) is 4.47. The zero-order valence-electron chi connectivity index (χ0n) is 8.25. The van der Waals surface area contributed by atoms with E-state index >= 15 is 0 Å². The summed E-state index contributed by atoms with van der Waals surface area (Å²) in [5.41, 5.74) is 5.24. The van der Waals surface area contributed by atoms with Gasteiger partial charge in [-0.3, -0.25) is 9.59 Å². The molecule has 0 saturated heterocycles. The summed E-state index contributed by atoms with van der Waals surface area (Å²) in [5, 5.41) is 13.9. The average Bonchev–Trinajstić information content (AvgIpc) is 2.14. The van der Waals surface area contributed by atoms with E-state index in [0.29, 0.717) is 19.5 Å². The van der Waals surface area contributed by atoms with Gasteiger partial charge in [0.15, 0.2) is 0 Å². The molecule has 0 rings (SSSR count). The van der Waals surface area contributed by atoms with E-state index in [9.17, 15) is 9.59 Å². The summed E-state index contributed by atoms with van der Waals surface area (Å²) in [6.07, 6.45) is 0.638. The first kappa shape index (κ1) is 12.9. The van der Waals surface area contributed by atoms with Crippen LogP contribution in [0.15, 0.2) is 0 Å². The second-order valence-electron chi connectivity index (χ2n) is 2.94. The molecule has 0 bridgehead atoms. The third kappa shape index (κ3) is 6.38. The number of hydrogen-bond donors (Lipinski definition) is 4. The summed E-state index contributed by atoms with van der Waals surface area (Å²) >= 11 is 0. The monoisotopic (exact) mass is 203 g/mol. The molecule has 1 amide bonds. The summed E-state index contributed by atoms with van der Waals surface area (Å²) in [6.45, 7) is 0.910. The van der Waals surface area contributed by atoms with Gasteiger partial charge in [0, 0.05) is 19.5 Å². The lowest BCUT2D eigenvalue weighted by Crippen LogP contribution is -2.35. The van der Waals surface area contributed by atoms with Crippen molar-refractivity contribution in [1.82, 2.24) is 10.6 Å². The molecule has 1 atom stereocenters. The van der Waals surface area contributed by atoms with E-state index in [1.54, 1.807) is 7.05 Å². The molecule has 0 spiro atoms. The van der Waals surface area contributed by atoms with Crippen molar-refractivity contribution in [2.75, 3.05) is 20.1 Å². The Morgan fingerprint density at radius 3 is 2.57 bits per heavy atom. The van der Waals surface area contributed by atoms with Crippen molar-refractivity contribution in [2.24, 2.45) is 5.73 Å². The molecule has 0 radical (unpaired) electrons. The van der Waals surface area contributed by atoms with Crippen LogP contribution in [-0.2, 0) is 9.59 Å². The van der Waals surface area contributed by atoms with E-state index in [0.717, 1.165) is 0 Å². The number of aliphatic carboxylic acids is 1. The Bertz CT molecular complexity index is 196. The first-order valence-corrected chi connectivity index (χ1v) is 4.47. The predicted octanol–water partition coefficient (Wildman–Crippen LogP) is -1.49. The lowest BCUT2D eigenvalue weighted by molar-refractivity contribution is -0.138. The Balaban J connectivity index is 3.44. The largest absolute Gasteiger partial charge is 0.480 e. The van der Waals surface area contributed by atoms with Gasteiger partial charge in [0.2, 0.25) is 5.91 Å². The maximum absolute atomic E-state index is 11.0. The molecule has 6 nitrogen and oxygen atoms in total. The van der Waals surface area contributed by atoms with Crippen LogP contribution in [0.3, 0.4) is 0 Å². The fourth-order valence-electron chi connectivity index (χ4n) is 0.817. The van der Waals surface area contributed by atoms with Gasteiger partial charge in [-0.15, -0.1) is 0 Å². The maximum Gasteiger partial charge on any atom is 0.320 e. The first-order chi connectivity index (χ1) is 6.57. The molecule has 0 aliphatic rings. The van der Waals surface area contributed by atoms with E-state index in [4.69, 9.17) is 10.8 Å². The number of amides is 1. The molecule has 0 aromatic carbocycles. The van der Waals surface area contributed by atoms with Crippen molar-refractivity contribution < 1.29 is 14.7 Å². The molecule has 6 heteroatoms. The van der Waals surface area contributed by atoms with Gasteiger partial charge in [0.05, 0.1) is 0 Å². The SMILES string of the molecule is CNCCC(=O)NCC[C@H](N)C(=O)O. The van der Waals surface area contributed by atoms with E-state index < -0.39 is 12.0 Å². The highest BCUT2D eigenvalue weighted by Crippen LogP contribution is 1.86. The normalized spacial score (nSPS) is 12.1. The van der Waals surface area contributed by atoms with Crippen LogP contribution >= 0.6 is 0 Å². The van der Waals surface area contributed by atoms with Crippen molar-refractivity contribution in [1.29, 1.82) is 0 Å². The lowest BCUT2D eigenvalue weighted by atomic mass is 10.2. The van der Waals surface area contributed by atoms with Gasteiger partial charge in [-0.25, -0.2) is 0 Å². The maximum atomic E-state index is 11.0. The Morgan fingerprint density at radius 1 is 1.43 bits per heavy atom. The van der Waals surface area contributed by atoms with Gasteiger partial charge in [-0.1, -0.05) is 0 Å². The van der Waals surface area contributed by atoms with Gasteiger partial charge in [0.1, 0.15) is 6.04 Å². The highest BCUT2D eigenvalue weighted by atomic mass is 16.4. The van der Waals surface area contributed by atoms with Crippen LogP contribution in [0.4, 0.5) is 0 Å². The average molecular weight is 203 g/mol. The third-order valence-corrected chi connectivity index (χ3v) is 1.70. The number of nitrogens with two attached hydrogens (primary N) is 1. The van der Waals surface area contributed by atoms with Gasteiger partial charge in [0.25, 0.3) is 0 Å². The summed E-state index contributed by atoms with van der Waals surface area (Å²) in [7, 11) is 1.76. The number of nitrogens with one attached hydrogen (secondary N) is 2. The van der Waals surface area contributed by atoms with E-state index in [2.05, 4.69) is 10.6 Å². The smallest absolute Gasteiger partial charge is 0.320 e. The van der Waals surface area contributed by atoms with Gasteiger partial charge < -0.3 is 21.5 Å². The van der Waals surface area contributed by atoms with E-state index in [1.807, 2.05) is 0 Å². The molecule has 0 saturated carbocycles. The zero-order valence-corrected chi connectivity index (χ0v) is 8.25. The van der Waals surface area contributed by atoms with Crippen molar-refractivity contribution in [3.63, 3.8) is 0 Å². The predicted molar refractivity (Wildman–Crippen MR) is 51.8 cm³/mol. The fraction of sp³-hybridized carbons (Fsp3) is 0.750. The van der Waals surface area contributed by atoms with Crippen molar-refractivity contribution in [2.45, 2.75) is 18.9 Å². The van der Waals surface area contributed by atoms with Crippen molar-refractivity contribution in [3.05, 3.63) is 0 Å².